The van der Waals surface area contributed by atoms with Crippen LogP contribution < -0.4 is 15.4 Å². The molecule has 1 aromatic rings. The molecule has 0 spiro atoms. The molecule has 0 radical (unpaired) electrons. The summed E-state index contributed by atoms with van der Waals surface area (Å²) in [5, 5.41) is 6.06. The molecule has 1 aromatic heterocycles. The number of carbonyl (C=O) groups excluding carboxylic acids is 1. The Hall–Kier alpha value is -2.10. The molecule has 0 bridgehead atoms. The minimum absolute atomic E-state index is 0.0140. The predicted octanol–water partition coefficient (Wildman–Crippen LogP) is 3.47. The van der Waals surface area contributed by atoms with E-state index in [0.29, 0.717) is 18.4 Å². The maximum absolute atomic E-state index is 14.7. The summed E-state index contributed by atoms with van der Waals surface area (Å²) in [7, 11) is 3.05. The van der Waals surface area contributed by atoms with E-state index in [-0.39, 0.29) is 49.1 Å². The lowest BCUT2D eigenvalue weighted by Crippen LogP contribution is -2.41. The molecule has 1 amide bonds. The Labute approximate surface area is 173 Å². The number of alkyl halides is 3. The number of rotatable bonds is 6. The zero-order valence-corrected chi connectivity index (χ0v) is 17.2. The molecule has 168 valence electrons. The van der Waals surface area contributed by atoms with Gasteiger partial charge in [0, 0.05) is 18.7 Å². The molecule has 3 rings (SSSR count). The van der Waals surface area contributed by atoms with E-state index >= 15 is 0 Å². The van der Waals surface area contributed by atoms with Gasteiger partial charge in [0.25, 0.3) is 0 Å². The third kappa shape index (κ3) is 5.33. The summed E-state index contributed by atoms with van der Waals surface area (Å²) in [5.41, 5.74) is 0.426. The van der Waals surface area contributed by atoms with Crippen LogP contribution >= 0.6 is 0 Å². The monoisotopic (exact) mass is 432 g/mol. The maximum atomic E-state index is 14.7. The van der Waals surface area contributed by atoms with E-state index in [0.717, 1.165) is 19.4 Å². The molecule has 1 saturated carbocycles. The van der Waals surface area contributed by atoms with Crippen LogP contribution in [0.1, 0.15) is 44.1 Å². The van der Waals surface area contributed by atoms with E-state index < -0.39 is 17.9 Å². The van der Waals surface area contributed by atoms with E-state index in [2.05, 4.69) is 15.6 Å². The van der Waals surface area contributed by atoms with Crippen molar-refractivity contribution in [3.05, 3.63) is 17.4 Å². The molecule has 2 N–H and O–H groups in total. The summed E-state index contributed by atoms with van der Waals surface area (Å²) >= 11 is 0. The number of aromatic nitrogens is 1. The van der Waals surface area contributed by atoms with Gasteiger partial charge in [-0.2, -0.15) is 18.2 Å². The van der Waals surface area contributed by atoms with Gasteiger partial charge in [0.1, 0.15) is 0 Å². The fourth-order valence-electron chi connectivity index (χ4n) is 4.15. The molecule has 10 heteroatoms. The Bertz CT molecular complexity index is 745. The number of pyridine rings is 1. The normalized spacial score (nSPS) is 24.5. The SMILES string of the molecule is COc1nc(NC2CCC(C(F)(F)F)CC2)c(F)cc1CN(C)C(=O)C1CCCN1. The van der Waals surface area contributed by atoms with Crippen molar-refractivity contribution in [2.45, 2.75) is 63.3 Å². The van der Waals surface area contributed by atoms with Crippen LogP contribution in [0.2, 0.25) is 0 Å². The molecule has 1 aliphatic heterocycles. The van der Waals surface area contributed by atoms with Crippen LogP contribution in [-0.4, -0.2) is 54.8 Å². The minimum atomic E-state index is -4.18. The molecule has 2 fully saturated rings. The summed E-state index contributed by atoms with van der Waals surface area (Å²) in [6.07, 6.45) is -1.86. The smallest absolute Gasteiger partial charge is 0.391 e. The van der Waals surface area contributed by atoms with Crippen molar-refractivity contribution in [2.24, 2.45) is 5.92 Å². The van der Waals surface area contributed by atoms with Gasteiger partial charge >= 0.3 is 6.18 Å². The summed E-state index contributed by atoms with van der Waals surface area (Å²) in [6.45, 7) is 0.941. The van der Waals surface area contributed by atoms with Crippen LogP contribution in [0, 0.1) is 11.7 Å². The van der Waals surface area contributed by atoms with Crippen molar-refractivity contribution in [1.82, 2.24) is 15.2 Å². The van der Waals surface area contributed by atoms with Gasteiger partial charge in [0.05, 0.1) is 25.6 Å². The Morgan fingerprint density at radius 3 is 2.57 bits per heavy atom. The Balaban J connectivity index is 1.64. The van der Waals surface area contributed by atoms with Gasteiger partial charge in [-0.15, -0.1) is 0 Å². The van der Waals surface area contributed by atoms with E-state index in [4.69, 9.17) is 4.74 Å². The zero-order valence-electron chi connectivity index (χ0n) is 17.2. The number of methoxy groups -OCH3 is 1. The summed E-state index contributed by atoms with van der Waals surface area (Å²) in [6, 6.07) is 0.756. The lowest BCUT2D eigenvalue weighted by molar-refractivity contribution is -0.182. The number of ether oxygens (including phenoxy) is 1. The van der Waals surface area contributed by atoms with Gasteiger partial charge in [-0.3, -0.25) is 4.79 Å². The third-order valence-electron chi connectivity index (χ3n) is 5.88. The van der Waals surface area contributed by atoms with Crippen LogP contribution in [0.25, 0.3) is 0 Å². The first-order valence-corrected chi connectivity index (χ1v) is 10.2. The van der Waals surface area contributed by atoms with Gasteiger partial charge in [-0.05, 0) is 51.1 Å². The second-order valence-electron chi connectivity index (χ2n) is 8.06. The Morgan fingerprint density at radius 1 is 1.30 bits per heavy atom. The predicted molar refractivity (Wildman–Crippen MR) is 104 cm³/mol. The molecule has 2 heterocycles. The number of nitrogens with one attached hydrogen (secondary N) is 2. The fraction of sp³-hybridized carbons (Fsp3) is 0.700. The largest absolute Gasteiger partial charge is 0.481 e. The van der Waals surface area contributed by atoms with Crippen molar-refractivity contribution in [2.75, 3.05) is 26.0 Å². The summed E-state index contributed by atoms with van der Waals surface area (Å²) in [5.74, 6) is -1.85. The van der Waals surface area contributed by atoms with Crippen molar-refractivity contribution < 1.29 is 27.1 Å². The van der Waals surface area contributed by atoms with Crippen LogP contribution in [0.15, 0.2) is 6.07 Å². The fourth-order valence-corrected chi connectivity index (χ4v) is 4.15. The highest BCUT2D eigenvalue weighted by Gasteiger charge is 2.41. The zero-order chi connectivity index (χ0) is 21.9. The number of hydrogen-bond acceptors (Lipinski definition) is 5. The molecule has 1 saturated heterocycles. The van der Waals surface area contributed by atoms with E-state index in [1.54, 1.807) is 7.05 Å². The highest BCUT2D eigenvalue weighted by atomic mass is 19.4. The van der Waals surface area contributed by atoms with Gasteiger partial charge in [0.15, 0.2) is 11.6 Å². The average Bonchev–Trinajstić information content (AvgIpc) is 3.23. The molecule has 1 unspecified atom stereocenters. The average molecular weight is 432 g/mol. The van der Waals surface area contributed by atoms with E-state index in [1.165, 1.54) is 18.1 Å². The molecule has 30 heavy (non-hydrogen) atoms. The lowest BCUT2D eigenvalue weighted by Gasteiger charge is -2.30. The van der Waals surface area contributed by atoms with Crippen LogP contribution in [0.3, 0.4) is 0 Å². The van der Waals surface area contributed by atoms with Crippen LogP contribution in [0.4, 0.5) is 23.4 Å². The molecule has 1 aliphatic carbocycles. The molecule has 6 nitrogen and oxygen atoms in total. The molecular weight excluding hydrogens is 404 g/mol. The maximum Gasteiger partial charge on any atom is 0.391 e. The first kappa shape index (κ1) is 22.6. The van der Waals surface area contributed by atoms with Gasteiger partial charge in [0.2, 0.25) is 11.8 Å². The number of halogens is 4. The van der Waals surface area contributed by atoms with Crippen molar-refractivity contribution in [3.63, 3.8) is 0 Å². The number of likely N-dealkylation sites (N-methyl/N-ethyl adjacent to an activating group) is 1. The topological polar surface area (TPSA) is 66.5 Å². The first-order valence-electron chi connectivity index (χ1n) is 10.2. The van der Waals surface area contributed by atoms with Gasteiger partial charge in [-0.25, -0.2) is 4.39 Å². The van der Waals surface area contributed by atoms with Crippen molar-refractivity contribution >= 4 is 11.7 Å². The highest BCUT2D eigenvalue weighted by molar-refractivity contribution is 5.82. The Kier molecular flexibility index (Phi) is 7.05. The second-order valence-corrected chi connectivity index (χ2v) is 8.06. The third-order valence-corrected chi connectivity index (χ3v) is 5.88. The van der Waals surface area contributed by atoms with Crippen molar-refractivity contribution in [3.8, 4) is 5.88 Å². The minimum Gasteiger partial charge on any atom is -0.481 e. The molecular formula is C20H28F4N4O2. The van der Waals surface area contributed by atoms with Crippen molar-refractivity contribution in [1.29, 1.82) is 0 Å². The highest BCUT2D eigenvalue weighted by Crippen LogP contribution is 2.38. The lowest BCUT2D eigenvalue weighted by atomic mass is 9.85. The van der Waals surface area contributed by atoms with Gasteiger partial charge < -0.3 is 20.3 Å². The van der Waals surface area contributed by atoms with Crippen LogP contribution in [0.5, 0.6) is 5.88 Å². The molecule has 2 aliphatic rings. The van der Waals surface area contributed by atoms with E-state index in [1.807, 2.05) is 0 Å². The van der Waals surface area contributed by atoms with E-state index in [9.17, 15) is 22.4 Å². The summed E-state index contributed by atoms with van der Waals surface area (Å²) < 4.78 is 58.4. The number of carbonyl (C=O) groups is 1. The number of hydrogen-bond donors (Lipinski definition) is 2. The molecule has 1 atom stereocenters. The first-order chi connectivity index (χ1) is 14.2. The second kappa shape index (κ2) is 9.36. The number of amides is 1. The molecule has 0 aromatic carbocycles. The summed E-state index contributed by atoms with van der Waals surface area (Å²) in [4.78, 5) is 18.2. The standard InChI is InChI=1S/C20H28F4N4O2/c1-28(19(29)16-4-3-9-25-16)11-12-10-15(21)17(27-18(12)30-2)26-14-7-5-13(6-8-14)20(22,23)24/h10,13-14,16,25H,3-9,11H2,1-2H3,(H,26,27). The Morgan fingerprint density at radius 2 is 2.00 bits per heavy atom. The number of nitrogens with zero attached hydrogens (tertiary/aromatic N) is 2. The van der Waals surface area contributed by atoms with Gasteiger partial charge in [-0.1, -0.05) is 0 Å². The quantitative estimate of drug-likeness (QED) is 0.674. The number of anilines is 1. The van der Waals surface area contributed by atoms with Crippen LogP contribution in [-0.2, 0) is 11.3 Å².